The molecule has 7 heteroatoms. The van der Waals surface area contributed by atoms with Crippen LogP contribution >= 0.6 is 0 Å². The van der Waals surface area contributed by atoms with E-state index in [1.165, 1.54) is 0 Å². The highest BCUT2D eigenvalue weighted by atomic mass is 16.1. The molecule has 0 fully saturated rings. The molecule has 1 amide bonds. The average Bonchev–Trinajstić information content (AvgIpc) is 3.01. The van der Waals surface area contributed by atoms with E-state index >= 15 is 0 Å². The van der Waals surface area contributed by atoms with Gasteiger partial charge >= 0.3 is 0 Å². The Kier molecular flexibility index (Phi) is 4.24. The van der Waals surface area contributed by atoms with Crippen LogP contribution in [0.15, 0.2) is 42.9 Å². The van der Waals surface area contributed by atoms with Gasteiger partial charge in [-0.3, -0.25) is 9.48 Å². The van der Waals surface area contributed by atoms with Crippen molar-refractivity contribution in [3.63, 3.8) is 0 Å². The Morgan fingerprint density at radius 1 is 1.17 bits per heavy atom. The van der Waals surface area contributed by atoms with E-state index in [-0.39, 0.29) is 5.91 Å². The quantitative estimate of drug-likeness (QED) is 0.770. The molecule has 2 heterocycles. The maximum Gasteiger partial charge on any atom is 0.251 e. The van der Waals surface area contributed by atoms with Crippen LogP contribution in [0.4, 0.5) is 11.6 Å². The van der Waals surface area contributed by atoms with Gasteiger partial charge < -0.3 is 10.6 Å². The molecule has 122 valence electrons. The van der Waals surface area contributed by atoms with Crippen molar-refractivity contribution >= 4 is 17.5 Å². The summed E-state index contributed by atoms with van der Waals surface area (Å²) >= 11 is 0. The first-order valence-corrected chi connectivity index (χ1v) is 7.48. The largest absolute Gasteiger partial charge is 0.355 e. The van der Waals surface area contributed by atoms with E-state index in [9.17, 15) is 4.79 Å². The molecule has 2 aromatic heterocycles. The molecule has 0 aliphatic rings. The predicted octanol–water partition coefficient (Wildman–Crippen LogP) is 2.29. The fourth-order valence-corrected chi connectivity index (χ4v) is 2.33. The Labute approximate surface area is 139 Å². The monoisotopic (exact) mass is 322 g/mol. The molecule has 0 spiro atoms. The Hall–Kier alpha value is -3.22. The van der Waals surface area contributed by atoms with Crippen molar-refractivity contribution in [2.75, 3.05) is 12.4 Å². The Morgan fingerprint density at radius 2 is 1.92 bits per heavy atom. The molecular formula is C17H18N6O. The number of anilines is 2. The van der Waals surface area contributed by atoms with Crippen molar-refractivity contribution in [1.82, 2.24) is 25.1 Å². The van der Waals surface area contributed by atoms with Gasteiger partial charge in [-0.05, 0) is 24.6 Å². The molecule has 24 heavy (non-hydrogen) atoms. The highest BCUT2D eigenvalue weighted by Gasteiger charge is 2.09. The van der Waals surface area contributed by atoms with Crippen molar-refractivity contribution in [2.45, 2.75) is 6.92 Å². The topological polar surface area (TPSA) is 84.7 Å². The van der Waals surface area contributed by atoms with Crippen molar-refractivity contribution < 1.29 is 4.79 Å². The molecule has 2 N–H and O–H groups in total. The first-order valence-electron chi connectivity index (χ1n) is 7.48. The number of benzene rings is 1. The zero-order valence-corrected chi connectivity index (χ0v) is 13.7. The SMILES string of the molecule is CNC(=O)c1ccc(-c2nc(Nc3cnn(C)c3)ncc2C)cc1. The van der Waals surface area contributed by atoms with Crippen molar-refractivity contribution in [3.05, 3.63) is 54.0 Å². The molecule has 1 aromatic carbocycles. The van der Waals surface area contributed by atoms with E-state index in [0.717, 1.165) is 22.5 Å². The van der Waals surface area contributed by atoms with E-state index in [1.807, 2.05) is 32.3 Å². The summed E-state index contributed by atoms with van der Waals surface area (Å²) in [6.07, 6.45) is 5.33. The number of rotatable bonds is 4. The van der Waals surface area contributed by atoms with Crippen LogP contribution in [0.25, 0.3) is 11.3 Å². The highest BCUT2D eigenvalue weighted by Crippen LogP contribution is 2.23. The van der Waals surface area contributed by atoms with Crippen molar-refractivity contribution in [2.24, 2.45) is 7.05 Å². The van der Waals surface area contributed by atoms with Crippen LogP contribution in [0.1, 0.15) is 15.9 Å². The average molecular weight is 322 g/mol. The lowest BCUT2D eigenvalue weighted by molar-refractivity contribution is 0.0963. The van der Waals surface area contributed by atoms with E-state index < -0.39 is 0 Å². The van der Waals surface area contributed by atoms with Gasteiger partial charge in [0.2, 0.25) is 5.95 Å². The minimum Gasteiger partial charge on any atom is -0.355 e. The summed E-state index contributed by atoms with van der Waals surface area (Å²) in [5.74, 6) is 0.388. The van der Waals surface area contributed by atoms with Crippen LogP contribution in [-0.2, 0) is 7.05 Å². The van der Waals surface area contributed by atoms with Crippen LogP contribution in [0.2, 0.25) is 0 Å². The van der Waals surface area contributed by atoms with Crippen LogP contribution in [0.5, 0.6) is 0 Å². The molecule has 0 saturated carbocycles. The standard InChI is InChI=1S/C17H18N6O/c1-11-8-19-17(21-14-9-20-23(3)10-14)22-15(11)12-4-6-13(7-5-12)16(24)18-2/h4-10H,1-3H3,(H,18,24)(H,19,21,22). The van der Waals surface area contributed by atoms with E-state index in [2.05, 4.69) is 25.7 Å². The highest BCUT2D eigenvalue weighted by molar-refractivity contribution is 5.94. The van der Waals surface area contributed by atoms with Gasteiger partial charge in [0.15, 0.2) is 0 Å². The number of amides is 1. The summed E-state index contributed by atoms with van der Waals surface area (Å²) in [5, 5.41) is 9.84. The second-order valence-electron chi connectivity index (χ2n) is 5.41. The second-order valence-corrected chi connectivity index (χ2v) is 5.41. The van der Waals surface area contributed by atoms with E-state index in [0.29, 0.717) is 11.5 Å². The van der Waals surface area contributed by atoms with Gasteiger partial charge in [-0.2, -0.15) is 5.10 Å². The number of hydrogen-bond donors (Lipinski definition) is 2. The van der Waals surface area contributed by atoms with Gasteiger partial charge in [-0.1, -0.05) is 12.1 Å². The number of carbonyl (C=O) groups excluding carboxylic acids is 1. The molecule has 0 saturated heterocycles. The van der Waals surface area contributed by atoms with Gasteiger partial charge in [0.25, 0.3) is 5.91 Å². The summed E-state index contributed by atoms with van der Waals surface area (Å²) < 4.78 is 1.70. The Balaban J connectivity index is 1.89. The van der Waals surface area contributed by atoms with Crippen LogP contribution in [-0.4, -0.2) is 32.7 Å². The van der Waals surface area contributed by atoms with Gasteiger partial charge in [0.05, 0.1) is 17.6 Å². The third-order valence-electron chi connectivity index (χ3n) is 3.58. The van der Waals surface area contributed by atoms with Gasteiger partial charge in [-0.25, -0.2) is 9.97 Å². The lowest BCUT2D eigenvalue weighted by atomic mass is 10.1. The fraction of sp³-hybridized carbons (Fsp3) is 0.176. The molecule has 0 unspecified atom stereocenters. The summed E-state index contributed by atoms with van der Waals surface area (Å²) in [5.41, 5.74) is 4.14. The zero-order chi connectivity index (χ0) is 17.1. The molecule has 3 rings (SSSR count). The predicted molar refractivity (Wildman–Crippen MR) is 92.1 cm³/mol. The van der Waals surface area contributed by atoms with Crippen molar-refractivity contribution in [3.8, 4) is 11.3 Å². The molecule has 0 bridgehead atoms. The van der Waals surface area contributed by atoms with E-state index in [4.69, 9.17) is 0 Å². The smallest absolute Gasteiger partial charge is 0.251 e. The third kappa shape index (κ3) is 3.24. The normalized spacial score (nSPS) is 10.5. The van der Waals surface area contributed by atoms with Gasteiger partial charge in [0, 0.05) is 37.6 Å². The zero-order valence-electron chi connectivity index (χ0n) is 13.7. The first kappa shape index (κ1) is 15.7. The summed E-state index contributed by atoms with van der Waals surface area (Å²) in [4.78, 5) is 20.5. The molecule has 0 aliphatic carbocycles. The lowest BCUT2D eigenvalue weighted by Gasteiger charge is -2.09. The first-order chi connectivity index (χ1) is 11.6. The molecule has 7 nitrogen and oxygen atoms in total. The van der Waals surface area contributed by atoms with Crippen LogP contribution in [0.3, 0.4) is 0 Å². The van der Waals surface area contributed by atoms with Gasteiger partial charge in [-0.15, -0.1) is 0 Å². The summed E-state index contributed by atoms with van der Waals surface area (Å²) in [7, 11) is 3.46. The fourth-order valence-electron chi connectivity index (χ4n) is 2.33. The van der Waals surface area contributed by atoms with Gasteiger partial charge in [0.1, 0.15) is 0 Å². The Bertz CT molecular complexity index is 869. The summed E-state index contributed by atoms with van der Waals surface area (Å²) in [6.45, 7) is 1.95. The van der Waals surface area contributed by atoms with Crippen LogP contribution < -0.4 is 10.6 Å². The molecule has 0 radical (unpaired) electrons. The van der Waals surface area contributed by atoms with E-state index in [1.54, 1.807) is 36.3 Å². The minimum atomic E-state index is -0.111. The molecule has 3 aromatic rings. The molecular weight excluding hydrogens is 304 g/mol. The molecule has 0 atom stereocenters. The minimum absolute atomic E-state index is 0.111. The number of carbonyl (C=O) groups is 1. The summed E-state index contributed by atoms with van der Waals surface area (Å²) in [6, 6.07) is 7.33. The number of hydrogen-bond acceptors (Lipinski definition) is 5. The molecule has 0 aliphatic heterocycles. The Morgan fingerprint density at radius 3 is 2.54 bits per heavy atom. The third-order valence-corrected chi connectivity index (χ3v) is 3.58. The number of aromatic nitrogens is 4. The van der Waals surface area contributed by atoms with Crippen molar-refractivity contribution in [1.29, 1.82) is 0 Å². The van der Waals surface area contributed by atoms with Crippen LogP contribution in [0, 0.1) is 6.92 Å². The number of nitrogens with zero attached hydrogens (tertiary/aromatic N) is 4. The number of nitrogens with one attached hydrogen (secondary N) is 2. The second kappa shape index (κ2) is 6.49. The lowest BCUT2D eigenvalue weighted by Crippen LogP contribution is -2.17. The maximum absolute atomic E-state index is 11.6. The number of aryl methyl sites for hydroxylation is 2. The maximum atomic E-state index is 11.6.